The molecule has 0 radical (unpaired) electrons. The Morgan fingerprint density at radius 3 is 2.94 bits per heavy atom. The van der Waals surface area contributed by atoms with Crippen molar-refractivity contribution in [2.24, 2.45) is 17.8 Å². The molecular formula is C14H25N3O. The highest BCUT2D eigenvalue weighted by Gasteiger charge is 2.33. The van der Waals surface area contributed by atoms with Gasteiger partial charge in [0.15, 0.2) is 0 Å². The van der Waals surface area contributed by atoms with Crippen LogP contribution in [0.2, 0.25) is 0 Å². The first kappa shape index (κ1) is 12.4. The molecule has 3 aliphatic heterocycles. The largest absolute Gasteiger partial charge is 0.356 e. The van der Waals surface area contributed by atoms with Crippen LogP contribution in [0.15, 0.2) is 0 Å². The molecule has 4 heteroatoms. The van der Waals surface area contributed by atoms with Gasteiger partial charge in [0.05, 0.1) is 0 Å². The summed E-state index contributed by atoms with van der Waals surface area (Å²) in [6.45, 7) is 6.96. The Balaban J connectivity index is 1.53. The van der Waals surface area contributed by atoms with Crippen molar-refractivity contribution in [3.63, 3.8) is 0 Å². The van der Waals surface area contributed by atoms with Gasteiger partial charge in [0.2, 0.25) is 5.91 Å². The smallest absolute Gasteiger partial charge is 0.220 e. The molecule has 0 spiro atoms. The maximum atomic E-state index is 11.6. The molecule has 0 saturated carbocycles. The van der Waals surface area contributed by atoms with E-state index >= 15 is 0 Å². The van der Waals surface area contributed by atoms with Gasteiger partial charge in [0.1, 0.15) is 0 Å². The lowest BCUT2D eigenvalue weighted by Gasteiger charge is -2.38. The summed E-state index contributed by atoms with van der Waals surface area (Å²) in [7, 11) is 0. The van der Waals surface area contributed by atoms with Gasteiger partial charge in [0, 0.05) is 26.1 Å². The van der Waals surface area contributed by atoms with Gasteiger partial charge in [-0.3, -0.25) is 4.79 Å². The second-order valence-corrected chi connectivity index (χ2v) is 6.27. The van der Waals surface area contributed by atoms with E-state index < -0.39 is 0 Å². The Kier molecular flexibility index (Phi) is 3.85. The summed E-state index contributed by atoms with van der Waals surface area (Å²) in [4.78, 5) is 14.2. The number of hydrogen-bond acceptors (Lipinski definition) is 3. The molecule has 3 fully saturated rings. The van der Waals surface area contributed by atoms with Crippen LogP contribution in [0.1, 0.15) is 25.7 Å². The van der Waals surface area contributed by atoms with Gasteiger partial charge in [-0.05, 0) is 56.7 Å². The molecule has 0 aliphatic carbocycles. The van der Waals surface area contributed by atoms with Gasteiger partial charge in [-0.15, -0.1) is 0 Å². The zero-order valence-electron chi connectivity index (χ0n) is 11.2. The number of fused-ring (bicyclic) bond motifs is 1. The summed E-state index contributed by atoms with van der Waals surface area (Å²) in [5.41, 5.74) is 0. The first-order chi connectivity index (χ1) is 8.81. The van der Waals surface area contributed by atoms with Crippen molar-refractivity contribution in [1.82, 2.24) is 15.5 Å². The molecular weight excluding hydrogens is 226 g/mol. The molecule has 0 aromatic rings. The van der Waals surface area contributed by atoms with E-state index in [-0.39, 0.29) is 5.91 Å². The average molecular weight is 251 g/mol. The fourth-order valence-electron chi connectivity index (χ4n) is 3.86. The van der Waals surface area contributed by atoms with Crippen LogP contribution in [-0.2, 0) is 4.79 Å². The predicted molar refractivity (Wildman–Crippen MR) is 71.3 cm³/mol. The molecule has 3 unspecified atom stereocenters. The van der Waals surface area contributed by atoms with Gasteiger partial charge in [-0.1, -0.05) is 0 Å². The van der Waals surface area contributed by atoms with Crippen molar-refractivity contribution in [3.8, 4) is 0 Å². The number of carbonyl (C=O) groups excluding carboxylic acids is 1. The van der Waals surface area contributed by atoms with Crippen LogP contribution < -0.4 is 10.6 Å². The number of rotatable bonds is 2. The van der Waals surface area contributed by atoms with Crippen LogP contribution in [0.25, 0.3) is 0 Å². The number of nitrogens with one attached hydrogen (secondary N) is 2. The van der Waals surface area contributed by atoms with E-state index in [1.165, 1.54) is 52.0 Å². The molecule has 2 N–H and O–H groups in total. The minimum atomic E-state index is 0.274. The van der Waals surface area contributed by atoms with E-state index in [9.17, 15) is 4.79 Å². The molecule has 3 saturated heterocycles. The Bertz CT molecular complexity index is 301. The summed E-state index contributed by atoms with van der Waals surface area (Å²) < 4.78 is 0. The zero-order valence-corrected chi connectivity index (χ0v) is 11.2. The molecule has 4 nitrogen and oxygen atoms in total. The fourth-order valence-corrected chi connectivity index (χ4v) is 3.86. The number of likely N-dealkylation sites (tertiary alicyclic amines) is 1. The molecule has 3 aliphatic rings. The van der Waals surface area contributed by atoms with E-state index in [1.54, 1.807) is 0 Å². The van der Waals surface area contributed by atoms with Crippen molar-refractivity contribution in [2.45, 2.75) is 25.7 Å². The standard InChI is InChI=1S/C14H25N3O/c18-14-7-12-3-6-17(9-11-1-4-15-8-11)10-13(12)2-5-16-14/h11-13,15H,1-10H2,(H,16,18). The third-order valence-corrected chi connectivity index (χ3v) is 4.94. The summed E-state index contributed by atoms with van der Waals surface area (Å²) in [6.07, 6.45) is 4.50. The second-order valence-electron chi connectivity index (χ2n) is 6.27. The minimum absolute atomic E-state index is 0.274. The van der Waals surface area contributed by atoms with E-state index in [4.69, 9.17) is 0 Å². The van der Waals surface area contributed by atoms with Gasteiger partial charge >= 0.3 is 0 Å². The molecule has 3 atom stereocenters. The van der Waals surface area contributed by atoms with Crippen LogP contribution in [0.4, 0.5) is 0 Å². The summed E-state index contributed by atoms with van der Waals surface area (Å²) in [5, 5.41) is 6.47. The molecule has 1 amide bonds. The van der Waals surface area contributed by atoms with Crippen LogP contribution in [0.5, 0.6) is 0 Å². The average Bonchev–Trinajstić information content (AvgIpc) is 2.78. The number of nitrogens with zero attached hydrogens (tertiary/aromatic N) is 1. The topological polar surface area (TPSA) is 44.4 Å². The van der Waals surface area contributed by atoms with Gasteiger partial charge in [-0.2, -0.15) is 0 Å². The lowest BCUT2D eigenvalue weighted by molar-refractivity contribution is -0.121. The maximum Gasteiger partial charge on any atom is 0.220 e. The fraction of sp³-hybridized carbons (Fsp3) is 0.929. The number of hydrogen-bond donors (Lipinski definition) is 2. The van der Waals surface area contributed by atoms with E-state index in [0.29, 0.717) is 5.92 Å². The minimum Gasteiger partial charge on any atom is -0.356 e. The highest BCUT2D eigenvalue weighted by atomic mass is 16.1. The molecule has 102 valence electrons. The lowest BCUT2D eigenvalue weighted by Crippen LogP contribution is -2.43. The highest BCUT2D eigenvalue weighted by Crippen LogP contribution is 2.31. The first-order valence-electron chi connectivity index (χ1n) is 7.51. The van der Waals surface area contributed by atoms with Gasteiger partial charge in [0.25, 0.3) is 0 Å². The molecule has 0 aromatic carbocycles. The summed E-state index contributed by atoms with van der Waals surface area (Å²) in [6, 6.07) is 0. The molecule has 0 bridgehead atoms. The number of carbonyl (C=O) groups is 1. The lowest BCUT2D eigenvalue weighted by atomic mass is 9.81. The van der Waals surface area contributed by atoms with Crippen molar-refractivity contribution < 1.29 is 4.79 Å². The number of amides is 1. The highest BCUT2D eigenvalue weighted by molar-refractivity contribution is 5.76. The van der Waals surface area contributed by atoms with Crippen LogP contribution in [-0.4, -0.2) is 50.1 Å². The van der Waals surface area contributed by atoms with Gasteiger partial charge < -0.3 is 15.5 Å². The normalized spacial score (nSPS) is 38.0. The molecule has 3 rings (SSSR count). The van der Waals surface area contributed by atoms with Crippen LogP contribution in [0, 0.1) is 17.8 Å². The Morgan fingerprint density at radius 2 is 2.11 bits per heavy atom. The Morgan fingerprint density at radius 1 is 1.17 bits per heavy atom. The van der Waals surface area contributed by atoms with E-state index in [2.05, 4.69) is 15.5 Å². The first-order valence-corrected chi connectivity index (χ1v) is 7.51. The Labute approximate surface area is 109 Å². The molecule has 3 heterocycles. The van der Waals surface area contributed by atoms with E-state index in [0.717, 1.165) is 24.8 Å². The van der Waals surface area contributed by atoms with Crippen LogP contribution in [0.3, 0.4) is 0 Å². The van der Waals surface area contributed by atoms with Crippen molar-refractivity contribution in [3.05, 3.63) is 0 Å². The molecule has 18 heavy (non-hydrogen) atoms. The van der Waals surface area contributed by atoms with Crippen molar-refractivity contribution in [2.75, 3.05) is 39.3 Å². The van der Waals surface area contributed by atoms with Crippen molar-refractivity contribution in [1.29, 1.82) is 0 Å². The quantitative estimate of drug-likeness (QED) is 0.749. The van der Waals surface area contributed by atoms with Crippen molar-refractivity contribution >= 4 is 5.91 Å². The third kappa shape index (κ3) is 2.86. The van der Waals surface area contributed by atoms with Crippen LogP contribution >= 0.6 is 0 Å². The van der Waals surface area contributed by atoms with E-state index in [1.807, 2.05) is 0 Å². The third-order valence-electron chi connectivity index (χ3n) is 4.94. The summed E-state index contributed by atoms with van der Waals surface area (Å²) >= 11 is 0. The predicted octanol–water partition coefficient (Wildman–Crippen LogP) is 0.444. The SMILES string of the molecule is O=C1CC2CCN(CC3CCNC3)CC2CCN1. The second kappa shape index (κ2) is 5.57. The maximum absolute atomic E-state index is 11.6. The Hall–Kier alpha value is -0.610. The zero-order chi connectivity index (χ0) is 12.4. The van der Waals surface area contributed by atoms with Gasteiger partial charge in [-0.25, -0.2) is 0 Å². The monoisotopic (exact) mass is 251 g/mol. The molecule has 0 aromatic heterocycles. The number of piperidine rings is 1. The summed E-state index contributed by atoms with van der Waals surface area (Å²) in [5.74, 6) is 2.51.